The van der Waals surface area contributed by atoms with Gasteiger partial charge in [0.1, 0.15) is 17.2 Å². The average molecular weight is 255 g/mol. The number of benzene rings is 1. The lowest BCUT2D eigenvalue weighted by Crippen LogP contribution is -2.40. The molecular formula is C13H15F2NO2. The van der Waals surface area contributed by atoms with Crippen molar-refractivity contribution in [3.05, 3.63) is 35.4 Å². The molecule has 0 aliphatic heterocycles. The Hall–Kier alpha value is -1.49. The van der Waals surface area contributed by atoms with E-state index < -0.39 is 23.1 Å². The first kappa shape index (κ1) is 13.0. The second kappa shape index (κ2) is 5.02. The molecule has 1 aromatic rings. The van der Waals surface area contributed by atoms with Gasteiger partial charge in [0, 0.05) is 13.6 Å². The molecule has 0 radical (unpaired) electrons. The number of halogens is 2. The van der Waals surface area contributed by atoms with Gasteiger partial charge in [-0.1, -0.05) is 6.07 Å². The molecule has 98 valence electrons. The second-order valence-electron chi connectivity index (χ2n) is 4.77. The highest BCUT2D eigenvalue weighted by molar-refractivity contribution is 5.94. The van der Waals surface area contributed by atoms with Crippen LogP contribution in [0.2, 0.25) is 0 Å². The van der Waals surface area contributed by atoms with E-state index in [4.69, 9.17) is 5.11 Å². The molecule has 2 rings (SSSR count). The van der Waals surface area contributed by atoms with Crippen LogP contribution in [0.25, 0.3) is 0 Å². The van der Waals surface area contributed by atoms with Gasteiger partial charge in [0.15, 0.2) is 0 Å². The van der Waals surface area contributed by atoms with E-state index in [1.807, 2.05) is 0 Å². The maximum absolute atomic E-state index is 13.4. The molecule has 3 nitrogen and oxygen atoms in total. The van der Waals surface area contributed by atoms with Crippen LogP contribution in [0, 0.1) is 17.6 Å². The molecule has 18 heavy (non-hydrogen) atoms. The number of hydrogen-bond acceptors (Lipinski definition) is 2. The van der Waals surface area contributed by atoms with Crippen molar-refractivity contribution in [2.45, 2.75) is 18.9 Å². The fourth-order valence-corrected chi connectivity index (χ4v) is 2.21. The van der Waals surface area contributed by atoms with Gasteiger partial charge in [0.05, 0.1) is 6.10 Å². The Morgan fingerprint density at radius 2 is 1.94 bits per heavy atom. The fraction of sp³-hybridized carbons (Fsp3) is 0.462. The highest BCUT2D eigenvalue weighted by Crippen LogP contribution is 2.28. The minimum absolute atomic E-state index is 0.212. The summed E-state index contributed by atoms with van der Waals surface area (Å²) in [5.41, 5.74) is -0.514. The maximum Gasteiger partial charge on any atom is 0.259 e. The Bertz CT molecular complexity index is 438. The van der Waals surface area contributed by atoms with Gasteiger partial charge in [0.2, 0.25) is 0 Å². The lowest BCUT2D eigenvalue weighted by molar-refractivity contribution is 0.0263. The highest BCUT2D eigenvalue weighted by Gasteiger charge is 2.30. The van der Waals surface area contributed by atoms with Crippen molar-refractivity contribution in [2.24, 2.45) is 5.92 Å². The first-order valence-electron chi connectivity index (χ1n) is 5.86. The van der Waals surface area contributed by atoms with Crippen LogP contribution >= 0.6 is 0 Å². The molecule has 1 N–H and O–H groups in total. The van der Waals surface area contributed by atoms with Crippen molar-refractivity contribution in [3.8, 4) is 0 Å². The van der Waals surface area contributed by atoms with E-state index >= 15 is 0 Å². The van der Waals surface area contributed by atoms with E-state index in [2.05, 4.69) is 0 Å². The smallest absolute Gasteiger partial charge is 0.259 e. The quantitative estimate of drug-likeness (QED) is 0.894. The number of aliphatic hydroxyl groups is 1. The topological polar surface area (TPSA) is 40.5 Å². The third-order valence-corrected chi connectivity index (χ3v) is 3.27. The molecule has 0 heterocycles. The van der Waals surface area contributed by atoms with Gasteiger partial charge in [-0.05, 0) is 30.9 Å². The van der Waals surface area contributed by atoms with Crippen molar-refractivity contribution >= 4 is 5.91 Å². The molecule has 1 amide bonds. The lowest BCUT2D eigenvalue weighted by Gasteiger charge is -2.34. The highest BCUT2D eigenvalue weighted by atomic mass is 19.1. The SMILES string of the molecule is CN(CC1CC(O)C1)C(=O)c1c(F)cccc1F. The predicted molar refractivity (Wildman–Crippen MR) is 62.0 cm³/mol. The minimum atomic E-state index is -0.847. The molecule has 0 saturated heterocycles. The molecule has 1 saturated carbocycles. The third kappa shape index (κ3) is 2.51. The molecule has 0 bridgehead atoms. The van der Waals surface area contributed by atoms with E-state index in [0.29, 0.717) is 19.4 Å². The van der Waals surface area contributed by atoms with Crippen molar-refractivity contribution in [1.29, 1.82) is 0 Å². The van der Waals surface area contributed by atoms with Crippen molar-refractivity contribution < 1.29 is 18.7 Å². The van der Waals surface area contributed by atoms with Crippen LogP contribution in [0.3, 0.4) is 0 Å². The summed E-state index contributed by atoms with van der Waals surface area (Å²) in [6.45, 7) is 0.406. The zero-order valence-electron chi connectivity index (χ0n) is 10.1. The standard InChI is InChI=1S/C13H15F2NO2/c1-16(7-8-5-9(17)6-8)13(18)12-10(14)3-2-4-11(12)15/h2-4,8-9,17H,5-7H2,1H3. The molecule has 0 aromatic heterocycles. The molecule has 0 atom stereocenters. The summed E-state index contributed by atoms with van der Waals surface area (Å²) < 4.78 is 26.9. The zero-order chi connectivity index (χ0) is 13.3. The minimum Gasteiger partial charge on any atom is -0.393 e. The largest absolute Gasteiger partial charge is 0.393 e. The van der Waals surface area contributed by atoms with E-state index in [0.717, 1.165) is 12.1 Å². The molecular weight excluding hydrogens is 240 g/mol. The summed E-state index contributed by atoms with van der Waals surface area (Å²) in [5.74, 6) is -2.14. The third-order valence-electron chi connectivity index (χ3n) is 3.27. The number of aliphatic hydroxyl groups excluding tert-OH is 1. The Labute approximate surface area is 104 Å². The number of nitrogens with zero attached hydrogens (tertiary/aromatic N) is 1. The van der Waals surface area contributed by atoms with Crippen LogP contribution in [0.4, 0.5) is 8.78 Å². The summed E-state index contributed by atoms with van der Waals surface area (Å²) in [4.78, 5) is 13.2. The number of carbonyl (C=O) groups excluding carboxylic acids is 1. The van der Waals surface area contributed by atoms with Gasteiger partial charge in [-0.3, -0.25) is 4.79 Å². The molecule has 5 heteroatoms. The van der Waals surface area contributed by atoms with Crippen molar-refractivity contribution in [1.82, 2.24) is 4.90 Å². The zero-order valence-corrected chi connectivity index (χ0v) is 10.1. The summed E-state index contributed by atoms with van der Waals surface area (Å²) >= 11 is 0. The molecule has 0 unspecified atom stereocenters. The average Bonchev–Trinajstić information content (AvgIpc) is 2.26. The van der Waals surface area contributed by atoms with Gasteiger partial charge in [-0.15, -0.1) is 0 Å². The Morgan fingerprint density at radius 1 is 1.39 bits per heavy atom. The van der Waals surface area contributed by atoms with Crippen LogP contribution in [0.15, 0.2) is 18.2 Å². The molecule has 1 aliphatic carbocycles. The maximum atomic E-state index is 13.4. The first-order valence-corrected chi connectivity index (χ1v) is 5.86. The van der Waals surface area contributed by atoms with Crippen LogP contribution < -0.4 is 0 Å². The summed E-state index contributed by atoms with van der Waals surface area (Å²) in [6.07, 6.45) is 0.970. The van der Waals surface area contributed by atoms with Crippen molar-refractivity contribution in [3.63, 3.8) is 0 Å². The van der Waals surface area contributed by atoms with Gasteiger partial charge in [-0.25, -0.2) is 8.78 Å². The van der Waals surface area contributed by atoms with Crippen LogP contribution in [0.5, 0.6) is 0 Å². The van der Waals surface area contributed by atoms with Gasteiger partial charge >= 0.3 is 0 Å². The molecule has 0 spiro atoms. The summed E-state index contributed by atoms with van der Waals surface area (Å²) in [5, 5.41) is 9.15. The van der Waals surface area contributed by atoms with E-state index in [1.54, 1.807) is 0 Å². The van der Waals surface area contributed by atoms with Crippen molar-refractivity contribution in [2.75, 3.05) is 13.6 Å². The fourth-order valence-electron chi connectivity index (χ4n) is 2.21. The molecule has 1 aromatic carbocycles. The van der Waals surface area contributed by atoms with Crippen LogP contribution in [0.1, 0.15) is 23.2 Å². The predicted octanol–water partition coefficient (Wildman–Crippen LogP) is 1.81. The van der Waals surface area contributed by atoms with E-state index in [9.17, 15) is 13.6 Å². The molecule has 1 aliphatic rings. The summed E-state index contributed by atoms with van der Waals surface area (Å²) in [6, 6.07) is 3.36. The Morgan fingerprint density at radius 3 is 2.44 bits per heavy atom. The monoisotopic (exact) mass is 255 g/mol. The Balaban J connectivity index is 2.06. The number of amides is 1. The van der Waals surface area contributed by atoms with Gasteiger partial charge in [0.25, 0.3) is 5.91 Å². The molecule has 1 fully saturated rings. The van der Waals surface area contributed by atoms with E-state index in [-0.39, 0.29) is 12.0 Å². The second-order valence-corrected chi connectivity index (χ2v) is 4.77. The summed E-state index contributed by atoms with van der Waals surface area (Å²) in [7, 11) is 1.51. The lowest BCUT2D eigenvalue weighted by atomic mass is 9.82. The van der Waals surface area contributed by atoms with Crippen LogP contribution in [-0.2, 0) is 0 Å². The number of carbonyl (C=O) groups is 1. The van der Waals surface area contributed by atoms with Gasteiger partial charge < -0.3 is 10.0 Å². The normalized spacial score (nSPS) is 22.4. The number of hydrogen-bond donors (Lipinski definition) is 1. The first-order chi connectivity index (χ1) is 8.49. The Kier molecular flexibility index (Phi) is 3.61. The van der Waals surface area contributed by atoms with E-state index in [1.165, 1.54) is 18.0 Å². The number of rotatable bonds is 3. The van der Waals surface area contributed by atoms with Gasteiger partial charge in [-0.2, -0.15) is 0 Å². The van der Waals surface area contributed by atoms with Crippen LogP contribution in [-0.4, -0.2) is 35.6 Å².